The van der Waals surface area contributed by atoms with E-state index in [-0.39, 0.29) is 0 Å². The van der Waals surface area contributed by atoms with E-state index in [1.165, 1.54) is 17.7 Å². The van der Waals surface area contributed by atoms with Crippen LogP contribution in [0.2, 0.25) is 0 Å². The summed E-state index contributed by atoms with van der Waals surface area (Å²) in [5.41, 5.74) is 2.58. The SMILES string of the molecule is CCNC(=NCCc1ccncc1C)NCCc1ccc(C(F)(F)F)cc1. The molecule has 2 N–H and O–H groups in total. The highest BCUT2D eigenvalue weighted by Gasteiger charge is 2.29. The normalized spacial score (nSPS) is 12.1. The van der Waals surface area contributed by atoms with Gasteiger partial charge in [0.1, 0.15) is 0 Å². The van der Waals surface area contributed by atoms with Gasteiger partial charge in [0.2, 0.25) is 0 Å². The number of rotatable bonds is 7. The molecule has 0 atom stereocenters. The summed E-state index contributed by atoms with van der Waals surface area (Å²) in [6, 6.07) is 7.26. The van der Waals surface area contributed by atoms with Crippen LogP contribution in [-0.4, -0.2) is 30.6 Å². The maximum absolute atomic E-state index is 12.6. The lowest BCUT2D eigenvalue weighted by Gasteiger charge is -2.12. The Morgan fingerprint density at radius 1 is 1.07 bits per heavy atom. The molecule has 0 aliphatic heterocycles. The number of nitrogens with zero attached hydrogens (tertiary/aromatic N) is 2. The first-order valence-corrected chi connectivity index (χ1v) is 8.98. The van der Waals surface area contributed by atoms with Gasteiger partial charge in [-0.15, -0.1) is 0 Å². The van der Waals surface area contributed by atoms with Gasteiger partial charge in [-0.3, -0.25) is 9.98 Å². The van der Waals surface area contributed by atoms with Gasteiger partial charge in [-0.1, -0.05) is 12.1 Å². The molecule has 0 bridgehead atoms. The fourth-order valence-electron chi connectivity index (χ4n) is 2.60. The van der Waals surface area contributed by atoms with E-state index in [2.05, 4.69) is 20.6 Å². The second kappa shape index (κ2) is 9.94. The summed E-state index contributed by atoms with van der Waals surface area (Å²) in [6.07, 6.45) is 0.761. The number of hydrogen-bond donors (Lipinski definition) is 2. The Hall–Kier alpha value is -2.57. The van der Waals surface area contributed by atoms with Crippen LogP contribution in [0.5, 0.6) is 0 Å². The zero-order valence-corrected chi connectivity index (χ0v) is 15.6. The molecule has 0 saturated heterocycles. The molecular weight excluding hydrogens is 353 g/mol. The zero-order valence-electron chi connectivity index (χ0n) is 15.6. The number of aromatic nitrogens is 1. The van der Waals surface area contributed by atoms with E-state index in [1.54, 1.807) is 6.20 Å². The van der Waals surface area contributed by atoms with E-state index in [4.69, 9.17) is 0 Å². The largest absolute Gasteiger partial charge is 0.416 e. The topological polar surface area (TPSA) is 49.3 Å². The number of halogens is 3. The van der Waals surface area contributed by atoms with Crippen molar-refractivity contribution in [2.75, 3.05) is 19.6 Å². The Kier molecular flexibility index (Phi) is 7.64. The standard InChI is InChI=1S/C20H25F3N4/c1-3-25-19(27-13-10-17-9-11-24-14-15(17)2)26-12-8-16-4-6-18(7-5-16)20(21,22)23/h4-7,9,11,14H,3,8,10,12-13H2,1-2H3,(H2,25,26,27). The predicted molar refractivity (Wildman–Crippen MR) is 102 cm³/mol. The molecule has 0 amide bonds. The highest BCUT2D eigenvalue weighted by Crippen LogP contribution is 2.29. The number of nitrogens with one attached hydrogen (secondary N) is 2. The molecule has 0 fully saturated rings. The van der Waals surface area contributed by atoms with E-state index < -0.39 is 11.7 Å². The quantitative estimate of drug-likeness (QED) is 0.570. The maximum atomic E-state index is 12.6. The fourth-order valence-corrected chi connectivity index (χ4v) is 2.60. The van der Waals surface area contributed by atoms with Crippen molar-refractivity contribution in [1.29, 1.82) is 0 Å². The van der Waals surface area contributed by atoms with Crippen LogP contribution in [0.25, 0.3) is 0 Å². The third-order valence-electron chi connectivity index (χ3n) is 4.12. The van der Waals surface area contributed by atoms with E-state index in [0.29, 0.717) is 25.5 Å². The summed E-state index contributed by atoms with van der Waals surface area (Å²) < 4.78 is 37.8. The Morgan fingerprint density at radius 2 is 1.81 bits per heavy atom. The van der Waals surface area contributed by atoms with Gasteiger partial charge in [-0.05, 0) is 61.6 Å². The smallest absolute Gasteiger partial charge is 0.357 e. The van der Waals surface area contributed by atoms with Crippen molar-refractivity contribution in [2.24, 2.45) is 4.99 Å². The van der Waals surface area contributed by atoms with Crippen molar-refractivity contribution in [3.8, 4) is 0 Å². The highest BCUT2D eigenvalue weighted by atomic mass is 19.4. The number of aryl methyl sites for hydroxylation is 1. The zero-order chi connectivity index (χ0) is 19.7. The molecule has 0 radical (unpaired) electrons. The lowest BCUT2D eigenvalue weighted by atomic mass is 10.1. The number of benzene rings is 1. The van der Waals surface area contributed by atoms with Gasteiger partial charge in [0, 0.05) is 32.0 Å². The van der Waals surface area contributed by atoms with E-state index in [0.717, 1.165) is 36.2 Å². The van der Waals surface area contributed by atoms with Crippen LogP contribution in [-0.2, 0) is 19.0 Å². The molecule has 146 valence electrons. The van der Waals surface area contributed by atoms with Crippen LogP contribution < -0.4 is 10.6 Å². The van der Waals surface area contributed by atoms with Gasteiger partial charge in [0.05, 0.1) is 5.56 Å². The summed E-state index contributed by atoms with van der Waals surface area (Å²) in [4.78, 5) is 8.64. The van der Waals surface area contributed by atoms with Gasteiger partial charge in [0.25, 0.3) is 0 Å². The van der Waals surface area contributed by atoms with E-state index in [1.807, 2.05) is 26.1 Å². The van der Waals surface area contributed by atoms with Crippen molar-refractivity contribution >= 4 is 5.96 Å². The lowest BCUT2D eigenvalue weighted by Crippen LogP contribution is -2.38. The average Bonchev–Trinajstić information content (AvgIpc) is 2.63. The number of pyridine rings is 1. The second-order valence-electron chi connectivity index (χ2n) is 6.18. The Labute approximate surface area is 157 Å². The fraction of sp³-hybridized carbons (Fsp3) is 0.400. The number of alkyl halides is 3. The minimum absolute atomic E-state index is 0.589. The minimum atomic E-state index is -4.30. The molecule has 1 aromatic carbocycles. The van der Waals surface area contributed by atoms with Gasteiger partial charge < -0.3 is 10.6 Å². The van der Waals surface area contributed by atoms with Gasteiger partial charge in [0.15, 0.2) is 5.96 Å². The summed E-state index contributed by atoms with van der Waals surface area (Å²) >= 11 is 0. The number of aliphatic imine (C=N–C) groups is 1. The molecule has 1 heterocycles. The van der Waals surface area contributed by atoms with Crippen LogP contribution in [0.3, 0.4) is 0 Å². The van der Waals surface area contributed by atoms with Crippen LogP contribution in [0.1, 0.15) is 29.2 Å². The molecule has 0 unspecified atom stereocenters. The summed E-state index contributed by atoms with van der Waals surface area (Å²) in [5.74, 6) is 0.705. The van der Waals surface area contributed by atoms with Crippen molar-refractivity contribution < 1.29 is 13.2 Å². The molecule has 0 aliphatic rings. The molecule has 0 saturated carbocycles. The molecule has 0 spiro atoms. The Balaban J connectivity index is 1.84. The molecule has 2 rings (SSSR count). The first kappa shape index (κ1) is 20.7. The van der Waals surface area contributed by atoms with Gasteiger partial charge in [-0.25, -0.2) is 0 Å². The first-order valence-electron chi connectivity index (χ1n) is 8.98. The maximum Gasteiger partial charge on any atom is 0.416 e. The van der Waals surface area contributed by atoms with Gasteiger partial charge >= 0.3 is 6.18 Å². The molecule has 27 heavy (non-hydrogen) atoms. The number of guanidine groups is 1. The van der Waals surface area contributed by atoms with E-state index in [9.17, 15) is 13.2 Å². The highest BCUT2D eigenvalue weighted by molar-refractivity contribution is 5.79. The molecule has 7 heteroatoms. The third-order valence-corrected chi connectivity index (χ3v) is 4.12. The van der Waals surface area contributed by atoms with Crippen molar-refractivity contribution in [3.05, 3.63) is 65.0 Å². The Morgan fingerprint density at radius 3 is 2.44 bits per heavy atom. The molecular formula is C20H25F3N4. The van der Waals surface area contributed by atoms with E-state index >= 15 is 0 Å². The lowest BCUT2D eigenvalue weighted by molar-refractivity contribution is -0.137. The average molecular weight is 378 g/mol. The van der Waals surface area contributed by atoms with Crippen LogP contribution in [0, 0.1) is 6.92 Å². The molecule has 0 aliphatic carbocycles. The summed E-state index contributed by atoms with van der Waals surface area (Å²) in [5, 5.41) is 6.40. The van der Waals surface area contributed by atoms with Crippen LogP contribution >= 0.6 is 0 Å². The van der Waals surface area contributed by atoms with Crippen LogP contribution in [0.4, 0.5) is 13.2 Å². The Bertz CT molecular complexity index is 740. The first-order chi connectivity index (χ1) is 12.9. The molecule has 1 aromatic heterocycles. The monoisotopic (exact) mass is 378 g/mol. The molecule has 2 aromatic rings. The summed E-state index contributed by atoms with van der Waals surface area (Å²) in [6.45, 7) is 5.98. The number of hydrogen-bond acceptors (Lipinski definition) is 2. The predicted octanol–water partition coefficient (Wildman–Crippen LogP) is 3.75. The van der Waals surface area contributed by atoms with Gasteiger partial charge in [-0.2, -0.15) is 13.2 Å². The minimum Gasteiger partial charge on any atom is -0.357 e. The van der Waals surface area contributed by atoms with Crippen LogP contribution in [0.15, 0.2) is 47.7 Å². The molecule has 4 nitrogen and oxygen atoms in total. The summed E-state index contributed by atoms with van der Waals surface area (Å²) in [7, 11) is 0. The second-order valence-corrected chi connectivity index (χ2v) is 6.18. The third kappa shape index (κ3) is 6.92. The van der Waals surface area contributed by atoms with Crippen molar-refractivity contribution in [1.82, 2.24) is 15.6 Å². The van der Waals surface area contributed by atoms with Crippen molar-refractivity contribution in [3.63, 3.8) is 0 Å². The van der Waals surface area contributed by atoms with Crippen molar-refractivity contribution in [2.45, 2.75) is 32.9 Å².